The predicted molar refractivity (Wildman–Crippen MR) is 121 cm³/mol. The molecule has 0 saturated carbocycles. The van der Waals surface area contributed by atoms with E-state index in [1.54, 1.807) is 23.8 Å². The minimum atomic E-state index is -0.474. The molecule has 0 spiro atoms. The molecule has 1 aliphatic rings. The third-order valence-electron chi connectivity index (χ3n) is 5.75. The van der Waals surface area contributed by atoms with Crippen molar-refractivity contribution in [2.45, 2.75) is 24.9 Å². The van der Waals surface area contributed by atoms with Crippen molar-refractivity contribution in [1.82, 2.24) is 19.6 Å². The smallest absolute Gasteiger partial charge is 0.153 e. The van der Waals surface area contributed by atoms with Crippen LogP contribution in [0.2, 0.25) is 0 Å². The van der Waals surface area contributed by atoms with E-state index >= 15 is 4.39 Å². The maximum Gasteiger partial charge on any atom is 0.153 e. The summed E-state index contributed by atoms with van der Waals surface area (Å²) in [6.07, 6.45) is 3.12. The minimum Gasteiger partial charge on any atom is -0.457 e. The first-order valence-corrected chi connectivity index (χ1v) is 10.8. The summed E-state index contributed by atoms with van der Waals surface area (Å²) in [4.78, 5) is 8.88. The topological polar surface area (TPSA) is 96.8 Å². The highest BCUT2D eigenvalue weighted by molar-refractivity contribution is 5.85. The van der Waals surface area contributed by atoms with E-state index in [2.05, 4.69) is 10.1 Å². The van der Waals surface area contributed by atoms with Crippen LogP contribution in [0.4, 0.5) is 10.2 Å². The molecule has 0 bridgehead atoms. The summed E-state index contributed by atoms with van der Waals surface area (Å²) in [7, 11) is 1.66. The number of nitrogens with zero attached hydrogens (tertiary/aromatic N) is 4. The number of ether oxygens (including phenoxy) is 3. The molecule has 2 N–H and O–H groups in total. The number of benzene rings is 2. The van der Waals surface area contributed by atoms with Gasteiger partial charge in [-0.15, -0.1) is 0 Å². The number of nitrogen functional groups attached to an aromatic ring is 1. The zero-order chi connectivity index (χ0) is 22.8. The SMILES string of the molecule is COC[C@@H]1CC[C@H](c2nc(-c3ccc(Oc4ccccc4)cc3F)c3c(N)ncnn23)CO1. The lowest BCUT2D eigenvalue weighted by Gasteiger charge is -2.27. The number of hydrogen-bond donors (Lipinski definition) is 1. The fourth-order valence-corrected chi connectivity index (χ4v) is 4.13. The Balaban J connectivity index is 1.50. The van der Waals surface area contributed by atoms with Gasteiger partial charge in [-0.05, 0) is 37.1 Å². The summed E-state index contributed by atoms with van der Waals surface area (Å²) >= 11 is 0. The van der Waals surface area contributed by atoms with Crippen molar-refractivity contribution in [1.29, 1.82) is 0 Å². The molecule has 0 amide bonds. The number of para-hydroxylation sites is 1. The van der Waals surface area contributed by atoms with Crippen LogP contribution in [0, 0.1) is 5.82 Å². The van der Waals surface area contributed by atoms with Gasteiger partial charge in [0.05, 0.1) is 19.3 Å². The van der Waals surface area contributed by atoms with Gasteiger partial charge in [-0.1, -0.05) is 18.2 Å². The van der Waals surface area contributed by atoms with Crippen LogP contribution in [0.1, 0.15) is 24.6 Å². The Morgan fingerprint density at radius 3 is 2.73 bits per heavy atom. The Morgan fingerprint density at radius 1 is 1.15 bits per heavy atom. The molecule has 2 aromatic carbocycles. The zero-order valence-electron chi connectivity index (χ0n) is 18.1. The molecule has 3 heterocycles. The highest BCUT2D eigenvalue weighted by Gasteiger charge is 2.29. The average Bonchev–Trinajstić information content (AvgIpc) is 3.21. The molecular formula is C24H24FN5O3. The monoisotopic (exact) mass is 449 g/mol. The largest absolute Gasteiger partial charge is 0.457 e. The number of hydrogen-bond acceptors (Lipinski definition) is 7. The van der Waals surface area contributed by atoms with Crippen molar-refractivity contribution in [2.24, 2.45) is 0 Å². The van der Waals surface area contributed by atoms with Crippen molar-refractivity contribution < 1.29 is 18.6 Å². The van der Waals surface area contributed by atoms with Gasteiger partial charge in [-0.2, -0.15) is 5.10 Å². The summed E-state index contributed by atoms with van der Waals surface area (Å²) in [6, 6.07) is 13.9. The fourth-order valence-electron chi connectivity index (χ4n) is 4.13. The summed E-state index contributed by atoms with van der Waals surface area (Å²) in [5.41, 5.74) is 7.34. The van der Waals surface area contributed by atoms with Crippen LogP contribution in [0.3, 0.4) is 0 Å². The quantitative estimate of drug-likeness (QED) is 0.471. The number of anilines is 1. The number of methoxy groups -OCH3 is 1. The number of aromatic nitrogens is 4. The van der Waals surface area contributed by atoms with Gasteiger partial charge in [0, 0.05) is 24.7 Å². The molecule has 4 aromatic rings. The van der Waals surface area contributed by atoms with Crippen LogP contribution >= 0.6 is 0 Å². The highest BCUT2D eigenvalue weighted by atomic mass is 19.1. The van der Waals surface area contributed by atoms with Gasteiger partial charge < -0.3 is 19.9 Å². The van der Waals surface area contributed by atoms with Crippen molar-refractivity contribution in [3.8, 4) is 22.8 Å². The van der Waals surface area contributed by atoms with E-state index in [4.69, 9.17) is 24.9 Å². The molecule has 5 rings (SSSR count). The Morgan fingerprint density at radius 2 is 2.00 bits per heavy atom. The predicted octanol–water partition coefficient (Wildman–Crippen LogP) is 4.21. The molecule has 9 heteroatoms. The second-order valence-corrected chi connectivity index (χ2v) is 7.97. The van der Waals surface area contributed by atoms with Gasteiger partial charge in [0.15, 0.2) is 5.82 Å². The Labute approximate surface area is 190 Å². The number of imidazole rings is 1. The molecule has 8 nitrogen and oxygen atoms in total. The van der Waals surface area contributed by atoms with E-state index in [9.17, 15) is 0 Å². The number of nitrogens with two attached hydrogens (primary N) is 1. The fraction of sp³-hybridized carbons (Fsp3) is 0.292. The molecule has 33 heavy (non-hydrogen) atoms. The summed E-state index contributed by atoms with van der Waals surface area (Å²) < 4.78 is 33.8. The summed E-state index contributed by atoms with van der Waals surface area (Å²) in [5, 5.41) is 4.36. The third kappa shape index (κ3) is 4.24. The number of fused-ring (bicyclic) bond motifs is 1. The first kappa shape index (κ1) is 21.3. The van der Waals surface area contributed by atoms with Gasteiger partial charge in [0.2, 0.25) is 0 Å². The van der Waals surface area contributed by atoms with E-state index < -0.39 is 5.82 Å². The van der Waals surface area contributed by atoms with Gasteiger partial charge in [-0.25, -0.2) is 18.9 Å². The Hall–Kier alpha value is -3.56. The zero-order valence-corrected chi connectivity index (χ0v) is 18.1. The van der Waals surface area contributed by atoms with E-state index in [1.807, 2.05) is 30.3 Å². The molecule has 1 fully saturated rings. The van der Waals surface area contributed by atoms with Gasteiger partial charge in [0.1, 0.15) is 40.7 Å². The Kier molecular flexibility index (Phi) is 5.89. The lowest BCUT2D eigenvalue weighted by Crippen LogP contribution is -2.29. The van der Waals surface area contributed by atoms with Crippen LogP contribution in [0.15, 0.2) is 54.9 Å². The molecular weight excluding hydrogens is 425 g/mol. The van der Waals surface area contributed by atoms with Crippen molar-refractivity contribution in [2.75, 3.05) is 26.1 Å². The molecule has 0 unspecified atom stereocenters. The standard InChI is InChI=1S/C24H24FN5O3/c1-31-13-18-8-7-15(12-32-18)24-29-21(22-23(26)27-14-28-30(22)24)19-10-9-17(11-20(19)25)33-16-5-3-2-4-6-16/h2-6,9-11,14-15,18H,7-8,12-13H2,1H3,(H2,26,27,28)/t15-,18-/m0/s1. The number of rotatable bonds is 6. The highest BCUT2D eigenvalue weighted by Crippen LogP contribution is 2.36. The lowest BCUT2D eigenvalue weighted by molar-refractivity contribution is -0.0389. The summed E-state index contributed by atoms with van der Waals surface area (Å²) in [6.45, 7) is 1.03. The second-order valence-electron chi connectivity index (χ2n) is 7.97. The van der Waals surface area contributed by atoms with Crippen LogP contribution in [-0.2, 0) is 9.47 Å². The van der Waals surface area contributed by atoms with E-state index in [0.717, 1.165) is 12.8 Å². The van der Waals surface area contributed by atoms with Crippen molar-refractivity contribution >= 4 is 11.3 Å². The molecule has 1 saturated heterocycles. The molecule has 170 valence electrons. The minimum absolute atomic E-state index is 0.00240. The maximum absolute atomic E-state index is 15.2. The van der Waals surface area contributed by atoms with E-state index in [0.29, 0.717) is 47.3 Å². The molecule has 2 aromatic heterocycles. The first-order chi connectivity index (χ1) is 16.1. The molecule has 0 aliphatic carbocycles. The van der Waals surface area contributed by atoms with Crippen molar-refractivity contribution in [3.05, 3.63) is 66.5 Å². The van der Waals surface area contributed by atoms with Crippen LogP contribution in [0.5, 0.6) is 11.5 Å². The molecule has 0 radical (unpaired) electrons. The summed E-state index contributed by atoms with van der Waals surface area (Å²) in [5.74, 6) is 1.45. The Bertz CT molecular complexity index is 1260. The molecule has 1 aliphatic heterocycles. The average molecular weight is 449 g/mol. The van der Waals surface area contributed by atoms with Crippen LogP contribution in [0.25, 0.3) is 16.8 Å². The van der Waals surface area contributed by atoms with Gasteiger partial charge >= 0.3 is 0 Å². The third-order valence-corrected chi connectivity index (χ3v) is 5.75. The maximum atomic E-state index is 15.2. The van der Waals surface area contributed by atoms with Gasteiger partial charge in [-0.3, -0.25) is 0 Å². The van der Waals surface area contributed by atoms with Gasteiger partial charge in [0.25, 0.3) is 0 Å². The lowest BCUT2D eigenvalue weighted by atomic mass is 9.98. The van der Waals surface area contributed by atoms with E-state index in [1.165, 1.54) is 12.4 Å². The first-order valence-electron chi connectivity index (χ1n) is 10.8. The van der Waals surface area contributed by atoms with Crippen LogP contribution in [-0.4, -0.2) is 46.0 Å². The molecule has 2 atom stereocenters. The van der Waals surface area contributed by atoms with Crippen molar-refractivity contribution in [3.63, 3.8) is 0 Å². The van der Waals surface area contributed by atoms with Crippen LogP contribution < -0.4 is 10.5 Å². The number of halogens is 1. The van der Waals surface area contributed by atoms with E-state index in [-0.39, 0.29) is 17.8 Å². The second kappa shape index (κ2) is 9.13. The normalized spacial score (nSPS) is 18.5.